The van der Waals surface area contributed by atoms with Gasteiger partial charge in [-0.15, -0.1) is 11.3 Å². The fourth-order valence-electron chi connectivity index (χ4n) is 5.05. The van der Waals surface area contributed by atoms with Gasteiger partial charge in [-0.05, 0) is 62.9 Å². The van der Waals surface area contributed by atoms with Gasteiger partial charge in [0.25, 0.3) is 0 Å². The Balaban J connectivity index is 1.59. The molecule has 0 aliphatic carbocycles. The Bertz CT molecular complexity index is 1390. The standard InChI is InChI=1S/C28H34N6O3S/c1-4-33(5-2)18(3)14-21-20(26(29)35)15-24(32-28(21)37-17-19-8-6-12-36-19)22-16-30-34-11-10-23(31-27(22)34)25-9-7-13-38-25/h7,9-11,13,15-16,18-19H,4-6,8,12,14,17H2,1-3H3,(H2,29,35)/t18-,19+/m0/s1. The third-order valence-electron chi connectivity index (χ3n) is 7.14. The number of primary amides is 1. The summed E-state index contributed by atoms with van der Waals surface area (Å²) in [4.78, 5) is 26.0. The van der Waals surface area contributed by atoms with Gasteiger partial charge in [-0.3, -0.25) is 4.79 Å². The van der Waals surface area contributed by atoms with Crippen molar-refractivity contribution >= 4 is 22.9 Å². The molecule has 200 valence electrons. The summed E-state index contributed by atoms with van der Waals surface area (Å²) in [6.07, 6.45) is 6.15. The van der Waals surface area contributed by atoms with Crippen molar-refractivity contribution < 1.29 is 14.3 Å². The monoisotopic (exact) mass is 534 g/mol. The first-order valence-electron chi connectivity index (χ1n) is 13.2. The molecule has 0 saturated carbocycles. The van der Waals surface area contributed by atoms with E-state index in [1.54, 1.807) is 28.1 Å². The molecule has 38 heavy (non-hydrogen) atoms. The number of hydrogen-bond donors (Lipinski definition) is 1. The zero-order valence-corrected chi connectivity index (χ0v) is 22.9. The topological polar surface area (TPSA) is 108 Å². The predicted molar refractivity (Wildman–Crippen MR) is 149 cm³/mol. The van der Waals surface area contributed by atoms with Gasteiger partial charge in [0.1, 0.15) is 6.61 Å². The number of ether oxygens (including phenoxy) is 2. The van der Waals surface area contributed by atoms with Crippen molar-refractivity contribution in [2.24, 2.45) is 5.73 Å². The van der Waals surface area contributed by atoms with Gasteiger partial charge in [0.05, 0.1) is 34.1 Å². The maximum absolute atomic E-state index is 12.8. The summed E-state index contributed by atoms with van der Waals surface area (Å²) in [7, 11) is 0. The summed E-state index contributed by atoms with van der Waals surface area (Å²) in [6.45, 7) is 9.33. The first-order chi connectivity index (χ1) is 18.5. The van der Waals surface area contributed by atoms with Crippen molar-refractivity contribution in [3.05, 3.63) is 53.2 Å². The molecule has 1 aliphatic heterocycles. The molecule has 4 aromatic heterocycles. The van der Waals surface area contributed by atoms with Crippen molar-refractivity contribution in [2.45, 2.75) is 52.2 Å². The number of hydrogen-bond acceptors (Lipinski definition) is 8. The largest absolute Gasteiger partial charge is 0.475 e. The number of pyridine rings is 1. The summed E-state index contributed by atoms with van der Waals surface area (Å²) in [5.41, 5.74) is 9.83. The van der Waals surface area contributed by atoms with E-state index in [9.17, 15) is 4.79 Å². The van der Waals surface area contributed by atoms with Crippen LogP contribution < -0.4 is 10.5 Å². The molecule has 2 atom stereocenters. The molecular weight excluding hydrogens is 500 g/mol. The van der Waals surface area contributed by atoms with Gasteiger partial charge >= 0.3 is 0 Å². The Hall–Kier alpha value is -3.34. The molecule has 0 aromatic carbocycles. The lowest BCUT2D eigenvalue weighted by atomic mass is 9.99. The minimum Gasteiger partial charge on any atom is -0.475 e. The molecule has 1 amide bonds. The van der Waals surface area contributed by atoms with Crippen LogP contribution in [0.15, 0.2) is 42.0 Å². The Morgan fingerprint density at radius 3 is 2.82 bits per heavy atom. The molecule has 1 fully saturated rings. The van der Waals surface area contributed by atoms with Crippen LogP contribution in [0.25, 0.3) is 27.5 Å². The van der Waals surface area contributed by atoms with E-state index in [4.69, 9.17) is 25.2 Å². The second-order valence-corrected chi connectivity index (χ2v) is 10.5. The number of thiophene rings is 1. The molecule has 9 nitrogen and oxygen atoms in total. The third-order valence-corrected chi connectivity index (χ3v) is 8.03. The summed E-state index contributed by atoms with van der Waals surface area (Å²) < 4.78 is 13.8. The SMILES string of the molecule is CCN(CC)[C@@H](C)Cc1c(C(N)=O)cc(-c2cnn3ccc(-c4cccs4)nc23)nc1OC[C@H]1CCCO1. The summed E-state index contributed by atoms with van der Waals surface area (Å²) in [5, 5.41) is 6.50. The lowest BCUT2D eigenvalue weighted by molar-refractivity contribution is 0.0658. The highest BCUT2D eigenvalue weighted by Crippen LogP contribution is 2.32. The molecule has 1 saturated heterocycles. The Morgan fingerprint density at radius 2 is 2.13 bits per heavy atom. The zero-order chi connectivity index (χ0) is 26.6. The van der Waals surface area contributed by atoms with E-state index in [-0.39, 0.29) is 12.1 Å². The first-order valence-corrected chi connectivity index (χ1v) is 14.1. The van der Waals surface area contributed by atoms with Crippen LogP contribution in [0.1, 0.15) is 49.5 Å². The van der Waals surface area contributed by atoms with Crippen LogP contribution in [0.3, 0.4) is 0 Å². The summed E-state index contributed by atoms with van der Waals surface area (Å²) >= 11 is 1.62. The first kappa shape index (κ1) is 26.3. The lowest BCUT2D eigenvalue weighted by Crippen LogP contribution is -2.35. The fourth-order valence-corrected chi connectivity index (χ4v) is 5.75. The van der Waals surface area contributed by atoms with Crippen LogP contribution in [0.4, 0.5) is 0 Å². The number of nitrogens with two attached hydrogens (primary N) is 1. The molecule has 0 unspecified atom stereocenters. The van der Waals surface area contributed by atoms with Crippen molar-refractivity contribution in [1.82, 2.24) is 24.5 Å². The molecule has 0 radical (unpaired) electrons. The van der Waals surface area contributed by atoms with Crippen molar-refractivity contribution in [2.75, 3.05) is 26.3 Å². The highest BCUT2D eigenvalue weighted by atomic mass is 32.1. The molecular formula is C28H34N6O3S. The minimum atomic E-state index is -0.513. The van der Waals surface area contributed by atoms with Crippen molar-refractivity contribution in [3.8, 4) is 27.7 Å². The van der Waals surface area contributed by atoms with Crippen molar-refractivity contribution in [1.29, 1.82) is 0 Å². The molecule has 2 N–H and O–H groups in total. The van der Waals surface area contributed by atoms with E-state index in [1.165, 1.54) is 0 Å². The second-order valence-electron chi connectivity index (χ2n) is 9.54. The van der Waals surface area contributed by atoms with E-state index in [0.29, 0.717) is 41.4 Å². The van der Waals surface area contributed by atoms with E-state index in [1.807, 2.05) is 29.8 Å². The molecule has 0 bridgehead atoms. The van der Waals surface area contributed by atoms with Gasteiger partial charge in [0.15, 0.2) is 5.65 Å². The van der Waals surface area contributed by atoms with Gasteiger partial charge < -0.3 is 20.1 Å². The zero-order valence-electron chi connectivity index (χ0n) is 22.1. The highest BCUT2D eigenvalue weighted by Gasteiger charge is 2.25. The van der Waals surface area contributed by atoms with Crippen LogP contribution in [0.2, 0.25) is 0 Å². The van der Waals surface area contributed by atoms with E-state index < -0.39 is 5.91 Å². The number of likely N-dealkylation sites (N-methyl/N-ethyl adjacent to an activating group) is 1. The fraction of sp³-hybridized carbons (Fsp3) is 0.429. The number of nitrogens with zero attached hydrogens (tertiary/aromatic N) is 5. The third kappa shape index (κ3) is 5.43. The average Bonchev–Trinajstić information content (AvgIpc) is 3.70. The number of aromatic nitrogens is 4. The van der Waals surface area contributed by atoms with Crippen LogP contribution in [-0.2, 0) is 11.2 Å². The van der Waals surface area contributed by atoms with E-state index in [0.717, 1.165) is 48.7 Å². The number of carbonyl (C=O) groups excluding carboxylic acids is 1. The molecule has 10 heteroatoms. The van der Waals surface area contributed by atoms with Gasteiger partial charge in [0, 0.05) is 30.0 Å². The van der Waals surface area contributed by atoms with Gasteiger partial charge in [-0.25, -0.2) is 14.5 Å². The Labute approximate surface area is 226 Å². The smallest absolute Gasteiger partial charge is 0.249 e. The number of amides is 1. The molecule has 4 aromatic rings. The maximum atomic E-state index is 12.8. The Kier molecular flexibility index (Phi) is 8.01. The molecule has 1 aliphatic rings. The number of fused-ring (bicyclic) bond motifs is 1. The maximum Gasteiger partial charge on any atom is 0.249 e. The quantitative estimate of drug-likeness (QED) is 0.303. The molecule has 5 heterocycles. The lowest BCUT2D eigenvalue weighted by Gasteiger charge is -2.27. The van der Waals surface area contributed by atoms with E-state index in [2.05, 4.69) is 30.8 Å². The minimum absolute atomic E-state index is 0.0116. The second kappa shape index (κ2) is 11.6. The van der Waals surface area contributed by atoms with Crippen LogP contribution in [-0.4, -0.2) is 68.8 Å². The average molecular weight is 535 g/mol. The predicted octanol–water partition coefficient (Wildman–Crippen LogP) is 4.45. The van der Waals surface area contributed by atoms with Crippen LogP contribution >= 0.6 is 11.3 Å². The van der Waals surface area contributed by atoms with Crippen molar-refractivity contribution in [3.63, 3.8) is 0 Å². The van der Waals surface area contributed by atoms with Crippen LogP contribution in [0, 0.1) is 0 Å². The number of carbonyl (C=O) groups is 1. The highest BCUT2D eigenvalue weighted by molar-refractivity contribution is 7.13. The van der Waals surface area contributed by atoms with E-state index >= 15 is 0 Å². The molecule has 0 spiro atoms. The Morgan fingerprint density at radius 1 is 1.29 bits per heavy atom. The number of rotatable bonds is 11. The molecule has 5 rings (SSSR count). The summed E-state index contributed by atoms with van der Waals surface area (Å²) in [5.74, 6) is -0.0966. The summed E-state index contributed by atoms with van der Waals surface area (Å²) in [6, 6.07) is 7.90. The van der Waals surface area contributed by atoms with Gasteiger partial charge in [-0.1, -0.05) is 19.9 Å². The van der Waals surface area contributed by atoms with Crippen LogP contribution in [0.5, 0.6) is 5.88 Å². The normalized spacial score (nSPS) is 16.4. The van der Waals surface area contributed by atoms with Gasteiger partial charge in [-0.2, -0.15) is 5.10 Å². The van der Waals surface area contributed by atoms with Gasteiger partial charge in [0.2, 0.25) is 11.8 Å².